The monoisotopic (exact) mass is 592 g/mol. The van der Waals surface area contributed by atoms with E-state index in [1.54, 1.807) is 43.1 Å². The number of halogens is 3. The number of rotatable bonds is 11. The number of nitrogens with zero attached hydrogens (tertiary/aromatic N) is 2. The zero-order chi connectivity index (χ0) is 29.7. The first-order valence-corrected chi connectivity index (χ1v) is 14.8. The van der Waals surface area contributed by atoms with Crippen molar-refractivity contribution in [2.75, 3.05) is 24.5 Å². The van der Waals surface area contributed by atoms with E-state index >= 15 is 4.39 Å². The summed E-state index contributed by atoms with van der Waals surface area (Å²) < 4.78 is 63.9. The SMILES string of the molecule is CC(c1ccccc1OCCCCN(C)C(=O)C(C)(C)C)N(c1cc(F)ccc1F)S(=O)(=O)c1ccc(Cl)cc1. The molecule has 10 heteroatoms. The Morgan fingerprint density at radius 1 is 1.00 bits per heavy atom. The van der Waals surface area contributed by atoms with Crippen LogP contribution >= 0.6 is 11.6 Å². The van der Waals surface area contributed by atoms with Crippen LogP contribution in [0.1, 0.15) is 52.1 Å². The first-order chi connectivity index (χ1) is 18.7. The molecule has 1 atom stereocenters. The van der Waals surface area contributed by atoms with Crippen molar-refractivity contribution in [3.8, 4) is 5.75 Å². The van der Waals surface area contributed by atoms with Crippen LogP contribution < -0.4 is 9.04 Å². The van der Waals surface area contributed by atoms with Gasteiger partial charge in [0.2, 0.25) is 5.91 Å². The third-order valence-electron chi connectivity index (χ3n) is 6.37. The largest absolute Gasteiger partial charge is 0.493 e. The normalized spacial score (nSPS) is 12.6. The molecule has 0 aliphatic heterocycles. The molecule has 0 radical (unpaired) electrons. The molecule has 0 saturated heterocycles. The number of amides is 1. The Hall–Kier alpha value is -3.17. The average Bonchev–Trinajstić information content (AvgIpc) is 2.89. The molecule has 3 rings (SSSR count). The van der Waals surface area contributed by atoms with Crippen LogP contribution in [0.25, 0.3) is 0 Å². The molecule has 3 aromatic carbocycles. The van der Waals surface area contributed by atoms with Gasteiger partial charge in [-0.25, -0.2) is 17.2 Å². The maximum Gasteiger partial charge on any atom is 0.264 e. The van der Waals surface area contributed by atoms with Crippen molar-refractivity contribution in [2.24, 2.45) is 5.41 Å². The lowest BCUT2D eigenvalue weighted by Gasteiger charge is -2.32. The lowest BCUT2D eigenvalue weighted by atomic mass is 9.95. The molecule has 216 valence electrons. The first kappa shape index (κ1) is 31.4. The van der Waals surface area contributed by atoms with Gasteiger partial charge in [0.05, 0.1) is 23.2 Å². The highest BCUT2D eigenvalue weighted by Crippen LogP contribution is 2.38. The van der Waals surface area contributed by atoms with E-state index in [2.05, 4.69) is 0 Å². The molecule has 0 aliphatic rings. The fourth-order valence-electron chi connectivity index (χ4n) is 4.31. The summed E-state index contributed by atoms with van der Waals surface area (Å²) in [5.74, 6) is -1.20. The van der Waals surface area contributed by atoms with E-state index in [4.69, 9.17) is 16.3 Å². The highest BCUT2D eigenvalue weighted by Gasteiger charge is 2.34. The Morgan fingerprint density at radius 3 is 2.30 bits per heavy atom. The Morgan fingerprint density at radius 2 is 1.65 bits per heavy atom. The highest BCUT2D eigenvalue weighted by molar-refractivity contribution is 7.92. The second-order valence-electron chi connectivity index (χ2n) is 10.6. The molecular formula is C30H35ClF2N2O4S. The lowest BCUT2D eigenvalue weighted by Crippen LogP contribution is -2.37. The minimum Gasteiger partial charge on any atom is -0.493 e. The van der Waals surface area contributed by atoms with Gasteiger partial charge in [-0.2, -0.15) is 0 Å². The third-order valence-corrected chi connectivity index (χ3v) is 8.52. The number of carbonyl (C=O) groups is 1. The summed E-state index contributed by atoms with van der Waals surface area (Å²) in [7, 11) is -2.59. The van der Waals surface area contributed by atoms with Gasteiger partial charge in [-0.1, -0.05) is 50.6 Å². The fourth-order valence-corrected chi connectivity index (χ4v) is 6.07. The van der Waals surface area contributed by atoms with Crippen LogP contribution in [0.5, 0.6) is 5.75 Å². The highest BCUT2D eigenvalue weighted by atomic mass is 35.5. The second kappa shape index (κ2) is 13.0. The maximum absolute atomic E-state index is 15.0. The van der Waals surface area contributed by atoms with E-state index in [-0.39, 0.29) is 10.8 Å². The molecule has 0 N–H and O–H groups in total. The van der Waals surface area contributed by atoms with Gasteiger partial charge < -0.3 is 9.64 Å². The summed E-state index contributed by atoms with van der Waals surface area (Å²) in [5.41, 5.74) is -0.410. The molecule has 0 heterocycles. The van der Waals surface area contributed by atoms with E-state index in [1.807, 2.05) is 20.8 Å². The number of sulfonamides is 1. The number of benzene rings is 3. The number of para-hydroxylation sites is 1. The maximum atomic E-state index is 15.0. The number of hydrogen-bond donors (Lipinski definition) is 0. The van der Waals surface area contributed by atoms with E-state index in [0.29, 0.717) is 42.3 Å². The number of unbranched alkanes of at least 4 members (excludes halogenated alkanes) is 1. The predicted molar refractivity (Wildman–Crippen MR) is 154 cm³/mol. The Kier molecular flexibility index (Phi) is 10.2. The van der Waals surface area contributed by atoms with E-state index in [9.17, 15) is 17.6 Å². The number of anilines is 1. The van der Waals surface area contributed by atoms with E-state index in [0.717, 1.165) is 22.5 Å². The molecule has 0 aromatic heterocycles. The van der Waals surface area contributed by atoms with Crippen molar-refractivity contribution in [1.82, 2.24) is 4.90 Å². The summed E-state index contributed by atoms with van der Waals surface area (Å²) in [6.07, 6.45) is 1.36. The Bertz CT molecular complexity index is 1430. The van der Waals surface area contributed by atoms with Gasteiger partial charge >= 0.3 is 0 Å². The van der Waals surface area contributed by atoms with Gasteiger partial charge in [-0.15, -0.1) is 0 Å². The molecule has 0 fully saturated rings. The summed E-state index contributed by atoms with van der Waals surface area (Å²) in [4.78, 5) is 14.0. The molecule has 40 heavy (non-hydrogen) atoms. The van der Waals surface area contributed by atoms with Crippen LogP contribution in [-0.2, 0) is 14.8 Å². The Balaban J connectivity index is 1.87. The number of hydrogen-bond acceptors (Lipinski definition) is 4. The van der Waals surface area contributed by atoms with Crippen LogP contribution in [0.4, 0.5) is 14.5 Å². The van der Waals surface area contributed by atoms with Crippen LogP contribution in [-0.4, -0.2) is 39.4 Å². The predicted octanol–water partition coefficient (Wildman–Crippen LogP) is 7.24. The molecular weight excluding hydrogens is 558 g/mol. The van der Waals surface area contributed by atoms with Crippen molar-refractivity contribution in [1.29, 1.82) is 0 Å². The van der Waals surface area contributed by atoms with Crippen molar-refractivity contribution in [2.45, 2.75) is 51.5 Å². The summed E-state index contributed by atoms with van der Waals surface area (Å²) in [5, 5.41) is 0.336. The summed E-state index contributed by atoms with van der Waals surface area (Å²) >= 11 is 5.95. The van der Waals surface area contributed by atoms with Crippen molar-refractivity contribution >= 4 is 33.2 Å². The van der Waals surface area contributed by atoms with Gasteiger partial charge in [0.15, 0.2) is 0 Å². The van der Waals surface area contributed by atoms with Crippen LogP contribution in [0.15, 0.2) is 71.6 Å². The third kappa shape index (κ3) is 7.52. The minimum absolute atomic E-state index is 0.0548. The quantitative estimate of drug-likeness (QED) is 0.220. The summed E-state index contributed by atoms with van der Waals surface area (Å²) in [6.45, 7) is 8.10. The molecule has 0 saturated carbocycles. The van der Waals surface area contributed by atoms with Gasteiger partial charge in [-0.05, 0) is 62.2 Å². The van der Waals surface area contributed by atoms with Gasteiger partial charge in [0.1, 0.15) is 17.4 Å². The summed E-state index contributed by atoms with van der Waals surface area (Å²) in [6, 6.07) is 14.1. The average molecular weight is 593 g/mol. The zero-order valence-electron chi connectivity index (χ0n) is 23.3. The van der Waals surface area contributed by atoms with Gasteiger partial charge in [0.25, 0.3) is 10.0 Å². The van der Waals surface area contributed by atoms with Crippen molar-refractivity contribution in [3.63, 3.8) is 0 Å². The minimum atomic E-state index is -4.36. The second-order valence-corrected chi connectivity index (χ2v) is 12.8. The topological polar surface area (TPSA) is 66.9 Å². The zero-order valence-corrected chi connectivity index (χ0v) is 24.9. The molecule has 0 aliphatic carbocycles. The van der Waals surface area contributed by atoms with Crippen LogP contribution in [0, 0.1) is 17.0 Å². The van der Waals surface area contributed by atoms with E-state index < -0.39 is 38.8 Å². The van der Waals surface area contributed by atoms with E-state index in [1.165, 1.54) is 24.3 Å². The molecule has 1 amide bonds. The van der Waals surface area contributed by atoms with Gasteiger partial charge in [0, 0.05) is 35.7 Å². The smallest absolute Gasteiger partial charge is 0.264 e. The number of ether oxygens (including phenoxy) is 1. The molecule has 0 spiro atoms. The van der Waals surface area contributed by atoms with Crippen molar-refractivity contribution in [3.05, 3.63) is 89.0 Å². The molecule has 0 bridgehead atoms. The van der Waals surface area contributed by atoms with Crippen LogP contribution in [0.3, 0.4) is 0 Å². The van der Waals surface area contributed by atoms with Crippen molar-refractivity contribution < 1.29 is 26.7 Å². The van der Waals surface area contributed by atoms with Gasteiger partial charge in [-0.3, -0.25) is 9.10 Å². The first-order valence-electron chi connectivity index (χ1n) is 13.0. The standard InChI is InChI=1S/C30H35ClF2N2O4S/c1-21(25-10-6-7-11-28(25)39-19-9-8-18-34(5)29(36)30(2,3)4)35(27-20-23(32)14-17-26(27)33)40(37,38)24-15-12-22(31)13-16-24/h6-7,10-17,20-21H,8-9,18-19H2,1-5H3. The molecule has 6 nitrogen and oxygen atoms in total. The van der Waals surface area contributed by atoms with Crippen LogP contribution in [0.2, 0.25) is 5.02 Å². The fraction of sp³-hybridized carbons (Fsp3) is 0.367. The molecule has 3 aromatic rings. The lowest BCUT2D eigenvalue weighted by molar-refractivity contribution is -0.138. The Labute approximate surface area is 240 Å². The molecule has 1 unspecified atom stereocenters. The number of carbonyl (C=O) groups excluding carboxylic acids is 1.